The predicted molar refractivity (Wildman–Crippen MR) is 70.9 cm³/mol. The molecule has 1 rings (SSSR count). The Balaban J connectivity index is 2.72. The lowest BCUT2D eigenvalue weighted by Gasteiger charge is -2.30. The zero-order chi connectivity index (χ0) is 14.0. The molecule has 0 aromatic heterocycles. The Morgan fingerprint density at radius 2 is 1.89 bits per heavy atom. The Labute approximate surface area is 110 Å². The lowest BCUT2D eigenvalue weighted by molar-refractivity contribution is 0.344. The first-order valence-corrected chi connectivity index (χ1v) is 9.34. The molecule has 0 amide bonds. The Morgan fingerprint density at radius 3 is 2.39 bits per heavy atom. The van der Waals surface area contributed by atoms with Crippen LogP contribution in [-0.2, 0) is 20.0 Å². The van der Waals surface area contributed by atoms with E-state index in [2.05, 4.69) is 0 Å². The topological polar surface area (TPSA) is 97.5 Å². The lowest BCUT2D eigenvalue weighted by atomic mass is 10.2. The minimum Gasteiger partial charge on any atom is -0.228 e. The molecule has 0 aromatic rings. The third kappa shape index (κ3) is 4.49. The number of sulfonamides is 2. The maximum Gasteiger partial charge on any atom is 0.214 e. The van der Waals surface area contributed by atoms with Crippen LogP contribution in [0, 0.1) is 5.92 Å². The van der Waals surface area contributed by atoms with Crippen LogP contribution < -0.4 is 5.14 Å². The Morgan fingerprint density at radius 1 is 1.28 bits per heavy atom. The monoisotopic (exact) mass is 298 g/mol. The highest BCUT2D eigenvalue weighted by Crippen LogP contribution is 2.19. The third-order valence-electron chi connectivity index (χ3n) is 3.15. The van der Waals surface area contributed by atoms with Gasteiger partial charge in [-0.1, -0.05) is 13.8 Å². The van der Waals surface area contributed by atoms with Crippen molar-refractivity contribution in [2.24, 2.45) is 11.1 Å². The summed E-state index contributed by atoms with van der Waals surface area (Å²) < 4.78 is 47.9. The first kappa shape index (κ1) is 15.9. The standard InChI is InChI=1S/C10H22N2O4S2/c1-9(2)5-7-17(13,14)12-6-3-4-10(8-12)18(11,15)16/h9-10H,3-8H2,1-2H3,(H2,11,15,16). The SMILES string of the molecule is CC(C)CCS(=O)(=O)N1CCCC(S(N)(=O)=O)C1. The van der Waals surface area contributed by atoms with E-state index in [4.69, 9.17) is 5.14 Å². The minimum absolute atomic E-state index is 0.000732. The zero-order valence-corrected chi connectivity index (χ0v) is 12.5. The van der Waals surface area contributed by atoms with Gasteiger partial charge in [-0.05, 0) is 25.2 Å². The summed E-state index contributed by atoms with van der Waals surface area (Å²) in [7, 11) is -7.01. The van der Waals surface area contributed by atoms with Crippen molar-refractivity contribution < 1.29 is 16.8 Å². The molecule has 1 heterocycles. The van der Waals surface area contributed by atoms with Crippen molar-refractivity contribution in [2.75, 3.05) is 18.8 Å². The fourth-order valence-electron chi connectivity index (χ4n) is 1.94. The van der Waals surface area contributed by atoms with Gasteiger partial charge in [-0.3, -0.25) is 0 Å². The number of nitrogens with zero attached hydrogens (tertiary/aromatic N) is 1. The molecule has 6 nitrogen and oxygen atoms in total. The number of rotatable bonds is 5. The van der Waals surface area contributed by atoms with Gasteiger partial charge in [0.15, 0.2) is 0 Å². The quantitative estimate of drug-likeness (QED) is 0.779. The molecule has 1 unspecified atom stereocenters. The highest BCUT2D eigenvalue weighted by atomic mass is 32.2. The van der Waals surface area contributed by atoms with E-state index in [0.29, 0.717) is 31.7 Å². The summed E-state index contributed by atoms with van der Waals surface area (Å²) in [4.78, 5) is 0. The molecule has 0 spiro atoms. The van der Waals surface area contributed by atoms with E-state index in [9.17, 15) is 16.8 Å². The maximum atomic E-state index is 12.1. The van der Waals surface area contributed by atoms with E-state index >= 15 is 0 Å². The Hall–Kier alpha value is -0.180. The largest absolute Gasteiger partial charge is 0.228 e. The van der Waals surface area contributed by atoms with Crippen molar-refractivity contribution in [3.8, 4) is 0 Å². The van der Waals surface area contributed by atoms with E-state index in [0.717, 1.165) is 0 Å². The van der Waals surface area contributed by atoms with Crippen LogP contribution in [0.15, 0.2) is 0 Å². The van der Waals surface area contributed by atoms with Gasteiger partial charge in [0.1, 0.15) is 0 Å². The van der Waals surface area contributed by atoms with Gasteiger partial charge in [0, 0.05) is 13.1 Å². The van der Waals surface area contributed by atoms with Crippen molar-refractivity contribution >= 4 is 20.0 Å². The molecule has 18 heavy (non-hydrogen) atoms. The van der Waals surface area contributed by atoms with Gasteiger partial charge in [-0.2, -0.15) is 0 Å². The highest BCUT2D eigenvalue weighted by Gasteiger charge is 2.33. The molecular formula is C10H22N2O4S2. The van der Waals surface area contributed by atoms with Crippen molar-refractivity contribution in [3.05, 3.63) is 0 Å². The molecule has 1 atom stereocenters. The summed E-state index contributed by atoms with van der Waals surface area (Å²) in [6.45, 7) is 4.31. The smallest absolute Gasteiger partial charge is 0.214 e. The third-order valence-corrected chi connectivity index (χ3v) is 6.34. The predicted octanol–water partition coefficient (Wildman–Crippen LogP) is 0.115. The lowest BCUT2D eigenvalue weighted by Crippen LogP contribution is -2.47. The van der Waals surface area contributed by atoms with E-state index in [1.54, 1.807) is 0 Å². The van der Waals surface area contributed by atoms with E-state index in [1.807, 2.05) is 13.8 Å². The molecule has 1 saturated heterocycles. The summed E-state index contributed by atoms with van der Waals surface area (Å²) in [6.07, 6.45) is 1.57. The fraction of sp³-hybridized carbons (Fsp3) is 1.00. The number of hydrogen-bond acceptors (Lipinski definition) is 4. The average molecular weight is 298 g/mol. The normalized spacial score (nSPS) is 23.4. The van der Waals surface area contributed by atoms with E-state index in [-0.39, 0.29) is 12.3 Å². The number of primary sulfonamides is 1. The summed E-state index contributed by atoms with van der Waals surface area (Å²) in [5.74, 6) is 0.376. The molecule has 8 heteroatoms. The highest BCUT2D eigenvalue weighted by molar-refractivity contribution is 7.90. The van der Waals surface area contributed by atoms with Gasteiger partial charge in [-0.15, -0.1) is 0 Å². The summed E-state index contributed by atoms with van der Waals surface area (Å²) in [5.41, 5.74) is 0. The Kier molecular flexibility index (Phi) is 5.16. The van der Waals surface area contributed by atoms with Crippen LogP contribution in [-0.4, -0.2) is 45.2 Å². The van der Waals surface area contributed by atoms with Gasteiger partial charge in [0.05, 0.1) is 11.0 Å². The molecule has 0 aromatic carbocycles. The molecule has 0 radical (unpaired) electrons. The summed E-state index contributed by atoms with van der Waals surface area (Å²) in [5, 5.41) is 4.32. The van der Waals surface area contributed by atoms with Crippen LogP contribution in [0.2, 0.25) is 0 Å². The van der Waals surface area contributed by atoms with Crippen LogP contribution in [0.1, 0.15) is 33.1 Å². The van der Waals surface area contributed by atoms with Crippen LogP contribution in [0.4, 0.5) is 0 Å². The van der Waals surface area contributed by atoms with Crippen LogP contribution in [0.5, 0.6) is 0 Å². The second-order valence-corrected chi connectivity index (χ2v) is 9.14. The molecule has 1 aliphatic heterocycles. The number of nitrogens with two attached hydrogens (primary N) is 1. The summed E-state index contributed by atoms with van der Waals surface area (Å²) >= 11 is 0. The molecule has 1 fully saturated rings. The summed E-state index contributed by atoms with van der Waals surface area (Å²) in [6, 6.07) is 0. The van der Waals surface area contributed by atoms with Gasteiger partial charge in [0.25, 0.3) is 0 Å². The van der Waals surface area contributed by atoms with Crippen LogP contribution >= 0.6 is 0 Å². The number of piperidine rings is 1. The van der Waals surface area contributed by atoms with Gasteiger partial charge < -0.3 is 0 Å². The van der Waals surface area contributed by atoms with E-state index in [1.165, 1.54) is 4.31 Å². The number of hydrogen-bond donors (Lipinski definition) is 1. The molecule has 1 aliphatic rings. The van der Waals surface area contributed by atoms with Crippen molar-refractivity contribution in [1.29, 1.82) is 0 Å². The van der Waals surface area contributed by atoms with Crippen molar-refractivity contribution in [3.63, 3.8) is 0 Å². The second kappa shape index (κ2) is 5.85. The molecular weight excluding hydrogens is 276 g/mol. The zero-order valence-electron chi connectivity index (χ0n) is 10.9. The van der Waals surface area contributed by atoms with Gasteiger partial charge in [-0.25, -0.2) is 26.3 Å². The minimum atomic E-state index is -3.66. The molecule has 0 bridgehead atoms. The van der Waals surface area contributed by atoms with E-state index < -0.39 is 25.3 Å². The molecule has 0 saturated carbocycles. The Bertz CT molecular complexity index is 470. The maximum absolute atomic E-state index is 12.1. The fourth-order valence-corrected chi connectivity index (χ4v) is 4.76. The van der Waals surface area contributed by atoms with Crippen molar-refractivity contribution in [2.45, 2.75) is 38.4 Å². The van der Waals surface area contributed by atoms with Gasteiger partial charge >= 0.3 is 0 Å². The molecule has 108 valence electrons. The van der Waals surface area contributed by atoms with Crippen molar-refractivity contribution in [1.82, 2.24) is 4.31 Å². The first-order chi connectivity index (χ1) is 8.13. The van der Waals surface area contributed by atoms with Gasteiger partial charge in [0.2, 0.25) is 20.0 Å². The van der Waals surface area contributed by atoms with Crippen LogP contribution in [0.25, 0.3) is 0 Å². The van der Waals surface area contributed by atoms with Crippen LogP contribution in [0.3, 0.4) is 0 Å². The second-order valence-electron chi connectivity index (χ2n) is 5.21. The average Bonchev–Trinajstić information content (AvgIpc) is 2.26. The first-order valence-electron chi connectivity index (χ1n) is 6.12. The molecule has 2 N–H and O–H groups in total. The molecule has 0 aliphatic carbocycles.